The summed E-state index contributed by atoms with van der Waals surface area (Å²) < 4.78 is 8.92. The summed E-state index contributed by atoms with van der Waals surface area (Å²) in [5.74, 6) is 0. The van der Waals surface area contributed by atoms with Gasteiger partial charge in [0, 0.05) is 38.6 Å². The maximum atomic E-state index is 6.56. The Morgan fingerprint density at radius 2 is 0.825 bits per heavy atom. The Balaban J connectivity index is 0.946. The first kappa shape index (κ1) is 32.8. The first-order chi connectivity index (χ1) is 28.3. The summed E-state index contributed by atoms with van der Waals surface area (Å²) >= 11 is 0. The Kier molecular flexibility index (Phi) is 7.82. The Morgan fingerprint density at radius 1 is 0.333 bits per heavy atom. The molecule has 0 fully saturated rings. The number of para-hydroxylation sites is 4. The highest BCUT2D eigenvalue weighted by Crippen LogP contribution is 2.43. The van der Waals surface area contributed by atoms with Crippen LogP contribution in [0.5, 0.6) is 0 Å². The predicted octanol–water partition coefficient (Wildman–Crippen LogP) is 15.2. The smallest absolute Gasteiger partial charge is 0.159 e. The molecule has 0 aliphatic heterocycles. The van der Waals surface area contributed by atoms with Crippen LogP contribution in [0.1, 0.15) is 0 Å². The molecule has 268 valence electrons. The lowest BCUT2D eigenvalue weighted by molar-refractivity contribution is 0.669. The van der Waals surface area contributed by atoms with Crippen molar-refractivity contribution in [3.63, 3.8) is 0 Å². The minimum absolute atomic E-state index is 0.869. The van der Waals surface area contributed by atoms with Gasteiger partial charge in [-0.15, -0.1) is 0 Å². The molecule has 0 aliphatic rings. The third kappa shape index (κ3) is 5.68. The van der Waals surface area contributed by atoms with Gasteiger partial charge < -0.3 is 13.9 Å². The highest BCUT2D eigenvalue weighted by Gasteiger charge is 2.20. The molecule has 0 saturated heterocycles. The third-order valence-electron chi connectivity index (χ3n) is 11.2. The van der Waals surface area contributed by atoms with Gasteiger partial charge >= 0.3 is 0 Å². The van der Waals surface area contributed by atoms with Crippen molar-refractivity contribution >= 4 is 60.8 Å². The molecule has 0 saturated carbocycles. The molecule has 0 radical (unpaired) electrons. The number of rotatable bonds is 7. The fourth-order valence-electron chi connectivity index (χ4n) is 8.43. The molecule has 0 bridgehead atoms. The Labute approximate surface area is 330 Å². The second kappa shape index (κ2) is 13.6. The molecule has 3 nitrogen and oxygen atoms in total. The molecule has 0 aliphatic carbocycles. The molecule has 0 atom stereocenters. The van der Waals surface area contributed by atoms with Gasteiger partial charge in [0.05, 0.1) is 16.7 Å². The molecule has 11 aromatic rings. The van der Waals surface area contributed by atoms with Crippen LogP contribution in [-0.2, 0) is 0 Å². The lowest BCUT2D eigenvalue weighted by Crippen LogP contribution is -2.10. The van der Waals surface area contributed by atoms with Gasteiger partial charge in [-0.1, -0.05) is 152 Å². The van der Waals surface area contributed by atoms with Crippen molar-refractivity contribution in [2.45, 2.75) is 0 Å². The average Bonchev–Trinajstić information content (AvgIpc) is 3.84. The van der Waals surface area contributed by atoms with Gasteiger partial charge in [0.2, 0.25) is 0 Å². The molecular weight excluding hydrogens is 693 g/mol. The highest BCUT2D eigenvalue weighted by atomic mass is 16.3. The first-order valence-electron chi connectivity index (χ1n) is 19.4. The van der Waals surface area contributed by atoms with E-state index in [1.54, 1.807) is 0 Å². The van der Waals surface area contributed by atoms with E-state index in [0.717, 1.165) is 44.6 Å². The van der Waals surface area contributed by atoms with E-state index < -0.39 is 0 Å². The number of nitrogens with zero attached hydrogens (tertiary/aromatic N) is 2. The minimum atomic E-state index is 0.869. The van der Waals surface area contributed by atoms with Crippen molar-refractivity contribution in [2.75, 3.05) is 4.90 Å². The van der Waals surface area contributed by atoms with E-state index in [-0.39, 0.29) is 0 Å². The predicted molar refractivity (Wildman–Crippen MR) is 239 cm³/mol. The Bertz CT molecular complexity index is 3200. The van der Waals surface area contributed by atoms with E-state index >= 15 is 0 Å². The van der Waals surface area contributed by atoms with Crippen molar-refractivity contribution in [3.8, 4) is 39.1 Å². The lowest BCUT2D eigenvalue weighted by atomic mass is 9.98. The lowest BCUT2D eigenvalue weighted by Gasteiger charge is -2.26. The van der Waals surface area contributed by atoms with Crippen LogP contribution in [0, 0.1) is 0 Å². The molecule has 3 heteroatoms. The van der Waals surface area contributed by atoms with Crippen LogP contribution in [0.2, 0.25) is 0 Å². The fourth-order valence-corrected chi connectivity index (χ4v) is 8.43. The van der Waals surface area contributed by atoms with E-state index in [2.05, 4.69) is 216 Å². The molecule has 0 N–H and O–H groups in total. The van der Waals surface area contributed by atoms with E-state index in [1.165, 1.54) is 55.3 Å². The maximum Gasteiger partial charge on any atom is 0.159 e. The van der Waals surface area contributed by atoms with Crippen LogP contribution in [0.25, 0.3) is 82.8 Å². The van der Waals surface area contributed by atoms with Crippen LogP contribution in [0.3, 0.4) is 0 Å². The van der Waals surface area contributed by atoms with Crippen LogP contribution in [0.4, 0.5) is 17.1 Å². The maximum absolute atomic E-state index is 6.56. The molecule has 11 rings (SSSR count). The normalized spacial score (nSPS) is 11.5. The molecule has 2 heterocycles. The Hall–Kier alpha value is -7.62. The summed E-state index contributed by atoms with van der Waals surface area (Å²) in [5, 5.41) is 4.73. The number of hydrogen-bond acceptors (Lipinski definition) is 2. The van der Waals surface area contributed by atoms with Crippen LogP contribution < -0.4 is 4.90 Å². The minimum Gasteiger partial charge on any atom is -0.454 e. The second-order valence-electron chi connectivity index (χ2n) is 14.5. The fraction of sp³-hybridized carbons (Fsp3) is 0. The van der Waals surface area contributed by atoms with Crippen molar-refractivity contribution in [3.05, 3.63) is 218 Å². The number of benzene rings is 9. The van der Waals surface area contributed by atoms with E-state index in [1.807, 2.05) is 12.1 Å². The van der Waals surface area contributed by atoms with Gasteiger partial charge in [-0.25, -0.2) is 0 Å². The standard InChI is InChI=1S/C54H36N2O/c1-3-12-37(13-4-1)39-26-31-44(32-27-39)55(52-20-11-18-48-47-17-8-10-21-53(47)57-54(48)52)45-33-28-40(29-34-45)38-22-24-41(25-23-38)42-30-35-51-49(36-42)46-16-7-9-19-50(46)56(51)43-14-5-2-6-15-43/h1-36H. The summed E-state index contributed by atoms with van der Waals surface area (Å²) in [6.45, 7) is 0. The molecule has 0 spiro atoms. The average molecular weight is 729 g/mol. The van der Waals surface area contributed by atoms with Crippen LogP contribution >= 0.6 is 0 Å². The number of aromatic nitrogens is 1. The number of anilines is 3. The summed E-state index contributed by atoms with van der Waals surface area (Å²) in [6, 6.07) is 78.0. The van der Waals surface area contributed by atoms with Crippen molar-refractivity contribution in [1.82, 2.24) is 4.57 Å². The summed E-state index contributed by atoms with van der Waals surface area (Å²) in [4.78, 5) is 2.30. The zero-order valence-electron chi connectivity index (χ0n) is 31.1. The van der Waals surface area contributed by atoms with Gasteiger partial charge in [0.25, 0.3) is 0 Å². The SMILES string of the molecule is c1ccc(-c2ccc(N(c3ccc(-c4ccc(-c5ccc6c(c5)c5ccccc5n6-c5ccccc5)cc4)cc3)c3cccc4c3oc3ccccc34)cc2)cc1. The summed E-state index contributed by atoms with van der Waals surface area (Å²) in [5.41, 5.74) is 15.6. The molecule has 57 heavy (non-hydrogen) atoms. The van der Waals surface area contributed by atoms with Crippen molar-refractivity contribution in [1.29, 1.82) is 0 Å². The van der Waals surface area contributed by atoms with Crippen molar-refractivity contribution in [2.24, 2.45) is 0 Å². The van der Waals surface area contributed by atoms with Crippen LogP contribution in [-0.4, -0.2) is 4.57 Å². The topological polar surface area (TPSA) is 21.3 Å². The number of fused-ring (bicyclic) bond motifs is 6. The first-order valence-corrected chi connectivity index (χ1v) is 19.4. The molecular formula is C54H36N2O. The van der Waals surface area contributed by atoms with Gasteiger partial charge in [-0.3, -0.25) is 0 Å². The van der Waals surface area contributed by atoms with Crippen LogP contribution in [0.15, 0.2) is 223 Å². The summed E-state index contributed by atoms with van der Waals surface area (Å²) in [7, 11) is 0. The zero-order chi connectivity index (χ0) is 37.7. The molecule has 9 aromatic carbocycles. The molecule has 2 aromatic heterocycles. The highest BCUT2D eigenvalue weighted by molar-refractivity contribution is 6.11. The Morgan fingerprint density at radius 3 is 1.51 bits per heavy atom. The molecule has 0 unspecified atom stereocenters. The number of furan rings is 1. The van der Waals surface area contributed by atoms with Gasteiger partial charge in [0.15, 0.2) is 5.58 Å². The number of hydrogen-bond donors (Lipinski definition) is 0. The summed E-state index contributed by atoms with van der Waals surface area (Å²) in [6.07, 6.45) is 0. The monoisotopic (exact) mass is 728 g/mol. The van der Waals surface area contributed by atoms with Gasteiger partial charge in [-0.05, 0) is 100 Å². The third-order valence-corrected chi connectivity index (χ3v) is 11.2. The van der Waals surface area contributed by atoms with E-state index in [0.29, 0.717) is 0 Å². The van der Waals surface area contributed by atoms with E-state index in [9.17, 15) is 0 Å². The van der Waals surface area contributed by atoms with Gasteiger partial charge in [0.1, 0.15) is 5.58 Å². The second-order valence-corrected chi connectivity index (χ2v) is 14.5. The van der Waals surface area contributed by atoms with Gasteiger partial charge in [-0.2, -0.15) is 0 Å². The van der Waals surface area contributed by atoms with E-state index in [4.69, 9.17) is 4.42 Å². The largest absolute Gasteiger partial charge is 0.454 e. The zero-order valence-corrected chi connectivity index (χ0v) is 31.1. The van der Waals surface area contributed by atoms with Crippen molar-refractivity contribution < 1.29 is 4.42 Å². The molecule has 0 amide bonds. The quantitative estimate of drug-likeness (QED) is 0.163.